The molecule has 0 unspecified atom stereocenters. The molecule has 0 saturated heterocycles. The molecule has 4 nitrogen and oxygen atoms in total. The zero-order valence-corrected chi connectivity index (χ0v) is 12.3. The van der Waals surface area contributed by atoms with E-state index in [-0.39, 0.29) is 10.5 Å². The molecule has 0 atom stereocenters. The Morgan fingerprint density at radius 1 is 1.25 bits per heavy atom. The van der Waals surface area contributed by atoms with Crippen LogP contribution in [0.25, 0.3) is 0 Å². The third kappa shape index (κ3) is 8.38. The molecule has 0 spiro atoms. The van der Waals surface area contributed by atoms with E-state index in [1.165, 1.54) is 0 Å². The monoisotopic (exact) mass is 268 g/mol. The van der Waals surface area contributed by atoms with Crippen LogP contribution < -0.4 is 10.0 Å². The van der Waals surface area contributed by atoms with Crippen molar-refractivity contribution in [1.82, 2.24) is 10.0 Å². The van der Waals surface area contributed by atoms with E-state index in [0.717, 1.165) is 13.0 Å². The van der Waals surface area contributed by atoms with E-state index in [1.807, 2.05) is 27.2 Å². The second-order valence-corrected chi connectivity index (χ2v) is 7.85. The molecular weight excluding hydrogens is 244 g/mol. The van der Waals surface area contributed by atoms with E-state index < -0.39 is 10.0 Å². The third-order valence-corrected chi connectivity index (χ3v) is 5.02. The summed E-state index contributed by atoms with van der Waals surface area (Å²) >= 11 is 1.66. The largest absolute Gasteiger partial charge is 0.320 e. The molecule has 0 aromatic carbocycles. The van der Waals surface area contributed by atoms with Gasteiger partial charge in [0.1, 0.15) is 0 Å². The fourth-order valence-corrected chi connectivity index (χ4v) is 2.64. The lowest BCUT2D eigenvalue weighted by Gasteiger charge is -2.22. The smallest absolute Gasteiger partial charge is 0.211 e. The second kappa shape index (κ2) is 7.53. The van der Waals surface area contributed by atoms with Gasteiger partial charge in [0.05, 0.1) is 5.75 Å². The molecule has 0 amide bonds. The van der Waals surface area contributed by atoms with Gasteiger partial charge in [-0.1, -0.05) is 0 Å². The predicted molar refractivity (Wildman–Crippen MR) is 72.5 cm³/mol. The lowest BCUT2D eigenvalue weighted by Crippen LogP contribution is -2.37. The van der Waals surface area contributed by atoms with Gasteiger partial charge in [-0.05, 0) is 46.5 Å². The van der Waals surface area contributed by atoms with Crippen LogP contribution in [-0.4, -0.2) is 45.3 Å². The first-order valence-corrected chi connectivity index (χ1v) is 8.38. The van der Waals surface area contributed by atoms with E-state index in [2.05, 4.69) is 10.0 Å². The summed E-state index contributed by atoms with van der Waals surface area (Å²) in [5.41, 5.74) is 0. The Morgan fingerprint density at radius 3 is 2.38 bits per heavy atom. The van der Waals surface area contributed by atoms with E-state index >= 15 is 0 Å². The zero-order chi connectivity index (χ0) is 12.7. The minimum absolute atomic E-state index is 0.0436. The van der Waals surface area contributed by atoms with Crippen molar-refractivity contribution in [2.75, 3.05) is 32.1 Å². The Kier molecular flexibility index (Phi) is 7.63. The van der Waals surface area contributed by atoms with Crippen LogP contribution >= 0.6 is 11.8 Å². The minimum Gasteiger partial charge on any atom is -0.320 e. The van der Waals surface area contributed by atoms with Crippen LogP contribution in [0.3, 0.4) is 0 Å². The first-order valence-electron chi connectivity index (χ1n) is 5.50. The summed E-state index contributed by atoms with van der Waals surface area (Å²) < 4.78 is 25.8. The van der Waals surface area contributed by atoms with Gasteiger partial charge >= 0.3 is 0 Å². The minimum atomic E-state index is -3.10. The molecular formula is C10H24N2O2S2. The average Bonchev–Trinajstić information content (AvgIpc) is 2.22. The van der Waals surface area contributed by atoms with Crippen molar-refractivity contribution in [2.24, 2.45) is 0 Å². The van der Waals surface area contributed by atoms with E-state index in [1.54, 1.807) is 11.8 Å². The maximum Gasteiger partial charge on any atom is 0.211 e. The number of sulfonamides is 1. The topological polar surface area (TPSA) is 58.2 Å². The van der Waals surface area contributed by atoms with Crippen LogP contribution in [0.1, 0.15) is 26.7 Å². The SMILES string of the molecule is CNCCCCS(=O)(=O)NCC(C)(C)SC. The number of hydrogen-bond donors (Lipinski definition) is 2. The molecule has 2 N–H and O–H groups in total. The average molecular weight is 268 g/mol. The molecule has 0 fully saturated rings. The number of unbranched alkanes of at least 4 members (excludes halogenated alkanes) is 1. The van der Waals surface area contributed by atoms with Gasteiger partial charge < -0.3 is 5.32 Å². The van der Waals surface area contributed by atoms with Gasteiger partial charge in [-0.3, -0.25) is 0 Å². The van der Waals surface area contributed by atoms with Crippen LogP contribution in [0.5, 0.6) is 0 Å². The van der Waals surface area contributed by atoms with Crippen molar-refractivity contribution in [3.05, 3.63) is 0 Å². The van der Waals surface area contributed by atoms with Crippen LogP contribution in [0.15, 0.2) is 0 Å². The van der Waals surface area contributed by atoms with E-state index in [9.17, 15) is 8.42 Å². The van der Waals surface area contributed by atoms with Gasteiger partial charge in [-0.2, -0.15) is 11.8 Å². The maximum absolute atomic E-state index is 11.6. The third-order valence-electron chi connectivity index (χ3n) is 2.36. The molecule has 0 aliphatic carbocycles. The van der Waals surface area contributed by atoms with Crippen molar-refractivity contribution in [3.8, 4) is 0 Å². The summed E-state index contributed by atoms with van der Waals surface area (Å²) in [4.78, 5) is 0. The zero-order valence-electron chi connectivity index (χ0n) is 10.7. The maximum atomic E-state index is 11.6. The number of rotatable bonds is 9. The normalized spacial score (nSPS) is 13.0. The molecule has 16 heavy (non-hydrogen) atoms. The standard InChI is InChI=1S/C10H24N2O2S2/c1-10(2,15-4)9-12-16(13,14)8-6-5-7-11-3/h11-12H,5-9H2,1-4H3. The Hall–Kier alpha value is 0.220. The fourth-order valence-electron chi connectivity index (χ4n) is 1.02. The van der Waals surface area contributed by atoms with Gasteiger partial charge in [0.2, 0.25) is 10.0 Å². The second-order valence-electron chi connectivity index (χ2n) is 4.41. The van der Waals surface area contributed by atoms with Gasteiger partial charge in [0, 0.05) is 11.3 Å². The molecule has 0 aromatic rings. The molecule has 0 bridgehead atoms. The highest BCUT2D eigenvalue weighted by Gasteiger charge is 2.19. The molecule has 6 heteroatoms. The van der Waals surface area contributed by atoms with Gasteiger partial charge in [0.25, 0.3) is 0 Å². The van der Waals surface area contributed by atoms with Crippen molar-refractivity contribution >= 4 is 21.8 Å². The Bertz CT molecular complexity index is 277. The van der Waals surface area contributed by atoms with Crippen molar-refractivity contribution in [3.63, 3.8) is 0 Å². The highest BCUT2D eigenvalue weighted by Crippen LogP contribution is 2.19. The summed E-state index contributed by atoms with van der Waals surface area (Å²) in [6.45, 7) is 5.41. The lowest BCUT2D eigenvalue weighted by molar-refractivity contribution is 0.565. The van der Waals surface area contributed by atoms with Crippen molar-refractivity contribution in [1.29, 1.82) is 0 Å². The number of thioether (sulfide) groups is 1. The Balaban J connectivity index is 3.88. The summed E-state index contributed by atoms with van der Waals surface area (Å²) in [7, 11) is -1.23. The van der Waals surface area contributed by atoms with Crippen LogP contribution in [-0.2, 0) is 10.0 Å². The molecule has 0 aliphatic heterocycles. The van der Waals surface area contributed by atoms with Crippen LogP contribution in [0, 0.1) is 0 Å². The molecule has 0 saturated carbocycles. The quantitative estimate of drug-likeness (QED) is 0.614. The highest BCUT2D eigenvalue weighted by atomic mass is 32.2. The summed E-state index contributed by atoms with van der Waals surface area (Å²) in [5, 5.41) is 3.00. The molecule has 0 aliphatic rings. The first-order chi connectivity index (χ1) is 7.33. The van der Waals surface area contributed by atoms with Gasteiger partial charge in [-0.25, -0.2) is 13.1 Å². The predicted octanol–water partition coefficient (Wildman–Crippen LogP) is 1.05. The van der Waals surface area contributed by atoms with Gasteiger partial charge in [0.15, 0.2) is 0 Å². The van der Waals surface area contributed by atoms with Crippen molar-refractivity contribution < 1.29 is 8.42 Å². The molecule has 98 valence electrons. The van der Waals surface area contributed by atoms with E-state index in [4.69, 9.17) is 0 Å². The highest BCUT2D eigenvalue weighted by molar-refractivity contribution is 8.00. The Labute approximate surface area is 104 Å². The summed E-state index contributed by atoms with van der Waals surface area (Å²) in [5.74, 6) is 0.221. The molecule has 0 radical (unpaired) electrons. The van der Waals surface area contributed by atoms with Crippen LogP contribution in [0.4, 0.5) is 0 Å². The Morgan fingerprint density at radius 2 is 1.88 bits per heavy atom. The van der Waals surface area contributed by atoms with Crippen molar-refractivity contribution in [2.45, 2.75) is 31.4 Å². The first kappa shape index (κ1) is 16.2. The molecule has 0 rings (SSSR count). The van der Waals surface area contributed by atoms with Gasteiger partial charge in [-0.15, -0.1) is 0 Å². The fraction of sp³-hybridized carbons (Fsp3) is 1.00. The number of nitrogens with one attached hydrogen (secondary N) is 2. The van der Waals surface area contributed by atoms with E-state index in [0.29, 0.717) is 13.0 Å². The molecule has 0 heterocycles. The summed E-state index contributed by atoms with van der Waals surface area (Å²) in [6, 6.07) is 0. The van der Waals surface area contributed by atoms with Crippen LogP contribution in [0.2, 0.25) is 0 Å². The number of hydrogen-bond acceptors (Lipinski definition) is 4. The summed E-state index contributed by atoms with van der Waals surface area (Å²) in [6.07, 6.45) is 3.58. The lowest BCUT2D eigenvalue weighted by atomic mass is 10.2. The molecule has 0 aromatic heterocycles.